The van der Waals surface area contributed by atoms with Crippen LogP contribution in [0.1, 0.15) is 325 Å². The SMILES string of the molecule is CCC(C)CCCCCCCCC(=O)OC[C@H](COP(=O)(O)OC[C@H](O)COP(=O)(O)OC[C@@H](COC(=O)CCCCCCCCCCC(C)C)OC(=O)CCCCCCCCCCCC(C)C)OC(=O)CCCCCCCCCCCCC(C)C. The molecule has 3 N–H and O–H groups in total. The van der Waals surface area contributed by atoms with Crippen LogP contribution in [0.25, 0.3) is 0 Å². The third-order valence-electron chi connectivity index (χ3n) is 15.7. The van der Waals surface area contributed by atoms with Gasteiger partial charge in [-0.25, -0.2) is 9.13 Å². The number of unbranched alkanes of at least 4 members (excludes halogenated alkanes) is 29. The van der Waals surface area contributed by atoms with Crippen molar-refractivity contribution in [3.8, 4) is 0 Å². The Hall–Kier alpha value is -1.94. The molecule has 0 saturated heterocycles. The predicted molar refractivity (Wildman–Crippen MR) is 344 cm³/mol. The summed E-state index contributed by atoms with van der Waals surface area (Å²) in [6, 6.07) is 0. The van der Waals surface area contributed by atoms with Crippen LogP contribution in [0.5, 0.6) is 0 Å². The van der Waals surface area contributed by atoms with Gasteiger partial charge in [-0.05, 0) is 49.4 Å². The first-order chi connectivity index (χ1) is 41.1. The molecule has 0 radical (unpaired) electrons. The molecule has 0 aliphatic rings. The van der Waals surface area contributed by atoms with Crippen molar-refractivity contribution >= 4 is 39.5 Å². The van der Waals surface area contributed by atoms with Crippen LogP contribution in [0.2, 0.25) is 0 Å². The van der Waals surface area contributed by atoms with Crippen LogP contribution in [0.15, 0.2) is 0 Å². The first kappa shape index (κ1) is 84.1. The van der Waals surface area contributed by atoms with E-state index in [4.69, 9.17) is 37.0 Å². The molecule has 0 aromatic rings. The predicted octanol–water partition coefficient (Wildman–Crippen LogP) is 18.5. The second-order valence-electron chi connectivity index (χ2n) is 25.9. The van der Waals surface area contributed by atoms with E-state index in [0.29, 0.717) is 25.7 Å². The molecule has 6 atom stereocenters. The number of rotatable bonds is 64. The van der Waals surface area contributed by atoms with Crippen molar-refractivity contribution in [3.05, 3.63) is 0 Å². The van der Waals surface area contributed by atoms with E-state index in [0.717, 1.165) is 120 Å². The van der Waals surface area contributed by atoms with E-state index in [2.05, 4.69) is 55.4 Å². The summed E-state index contributed by atoms with van der Waals surface area (Å²) in [6.45, 7) is 14.0. The van der Waals surface area contributed by atoms with E-state index >= 15 is 0 Å². The van der Waals surface area contributed by atoms with Gasteiger partial charge in [-0.1, -0.05) is 274 Å². The fourth-order valence-corrected chi connectivity index (χ4v) is 11.5. The lowest BCUT2D eigenvalue weighted by atomic mass is 10.00. The van der Waals surface area contributed by atoms with Crippen LogP contribution >= 0.6 is 15.6 Å². The molecule has 0 aliphatic heterocycles. The summed E-state index contributed by atoms with van der Waals surface area (Å²) < 4.78 is 68.1. The molecule has 0 heterocycles. The highest BCUT2D eigenvalue weighted by Gasteiger charge is 2.30. The van der Waals surface area contributed by atoms with Gasteiger partial charge in [-0.2, -0.15) is 0 Å². The molecule has 0 aliphatic carbocycles. The van der Waals surface area contributed by atoms with Crippen molar-refractivity contribution in [1.82, 2.24) is 0 Å². The molecule has 0 fully saturated rings. The molecule has 19 heteroatoms. The lowest BCUT2D eigenvalue weighted by Crippen LogP contribution is -2.30. The maximum atomic E-state index is 13.0. The minimum atomic E-state index is -4.95. The van der Waals surface area contributed by atoms with Crippen molar-refractivity contribution in [3.63, 3.8) is 0 Å². The van der Waals surface area contributed by atoms with Gasteiger partial charge in [0, 0.05) is 25.7 Å². The molecule has 86 heavy (non-hydrogen) atoms. The van der Waals surface area contributed by atoms with E-state index < -0.39 is 97.5 Å². The molecule has 0 bridgehead atoms. The smallest absolute Gasteiger partial charge is 0.462 e. The number of hydrogen-bond acceptors (Lipinski definition) is 15. The van der Waals surface area contributed by atoms with E-state index in [1.54, 1.807) is 0 Å². The first-order valence-electron chi connectivity index (χ1n) is 34.7. The number of carbonyl (C=O) groups is 4. The second kappa shape index (κ2) is 57.0. The Morgan fingerprint density at radius 1 is 0.326 bits per heavy atom. The first-order valence-corrected chi connectivity index (χ1v) is 37.7. The number of phosphoric acid groups is 2. The molecular weight excluding hydrogens is 1140 g/mol. The lowest BCUT2D eigenvalue weighted by molar-refractivity contribution is -0.161. The van der Waals surface area contributed by atoms with Crippen LogP contribution < -0.4 is 0 Å². The molecule has 0 aromatic heterocycles. The molecular formula is C67H130O17P2. The van der Waals surface area contributed by atoms with Crippen LogP contribution in [-0.4, -0.2) is 96.7 Å². The number of aliphatic hydroxyl groups excluding tert-OH is 1. The van der Waals surface area contributed by atoms with Gasteiger partial charge in [0.2, 0.25) is 0 Å². The maximum absolute atomic E-state index is 13.0. The Kier molecular flexibility index (Phi) is 55.7. The summed E-state index contributed by atoms with van der Waals surface area (Å²) in [5.74, 6) is 0.810. The Morgan fingerprint density at radius 3 is 0.826 bits per heavy atom. The highest BCUT2D eigenvalue weighted by Crippen LogP contribution is 2.45. The van der Waals surface area contributed by atoms with Crippen LogP contribution in [-0.2, 0) is 65.4 Å². The van der Waals surface area contributed by atoms with Crippen LogP contribution in [0.4, 0.5) is 0 Å². The van der Waals surface area contributed by atoms with Crippen LogP contribution in [0, 0.1) is 23.7 Å². The van der Waals surface area contributed by atoms with E-state index in [9.17, 15) is 43.2 Å². The minimum absolute atomic E-state index is 0.104. The Labute approximate surface area is 524 Å². The van der Waals surface area contributed by atoms with Gasteiger partial charge >= 0.3 is 39.5 Å². The number of carbonyl (C=O) groups excluding carboxylic acids is 4. The molecule has 0 aromatic carbocycles. The highest BCUT2D eigenvalue weighted by atomic mass is 31.2. The fourth-order valence-electron chi connectivity index (χ4n) is 9.93. The van der Waals surface area contributed by atoms with Crippen molar-refractivity contribution in [1.29, 1.82) is 0 Å². The van der Waals surface area contributed by atoms with E-state index in [-0.39, 0.29) is 25.7 Å². The Balaban J connectivity index is 5.27. The summed E-state index contributed by atoms with van der Waals surface area (Å²) in [6.07, 6.45) is 37.6. The zero-order chi connectivity index (χ0) is 63.9. The summed E-state index contributed by atoms with van der Waals surface area (Å²) in [4.78, 5) is 72.4. The summed E-state index contributed by atoms with van der Waals surface area (Å²) in [7, 11) is -9.90. The Bertz CT molecular complexity index is 1720. The number of esters is 4. The second-order valence-corrected chi connectivity index (χ2v) is 28.8. The third-order valence-corrected chi connectivity index (χ3v) is 17.6. The van der Waals surface area contributed by atoms with Gasteiger partial charge < -0.3 is 33.8 Å². The normalized spacial score (nSPS) is 14.7. The molecule has 510 valence electrons. The minimum Gasteiger partial charge on any atom is -0.462 e. The number of hydrogen-bond donors (Lipinski definition) is 3. The maximum Gasteiger partial charge on any atom is 0.472 e. The van der Waals surface area contributed by atoms with Gasteiger partial charge in [-0.3, -0.25) is 37.3 Å². The fraction of sp³-hybridized carbons (Fsp3) is 0.940. The number of aliphatic hydroxyl groups is 1. The molecule has 0 spiro atoms. The van der Waals surface area contributed by atoms with Gasteiger partial charge in [-0.15, -0.1) is 0 Å². The standard InChI is InChI=1S/C67H130O17P2/c1-9-60(8)46-38-30-25-26-32-40-48-65(70)78-54-63(84-66(71)49-41-33-23-15-11-10-13-19-27-35-43-57(2)3)56-82-86(75,76)80-52-61(68)51-79-85(73,74)81-55-62(53-77-64(69)47-39-31-22-18-17-21-29-37-45-59(6)7)83-67(72)50-42-34-24-16-12-14-20-28-36-44-58(4)5/h57-63,68H,9-56H2,1-8H3,(H,73,74)(H,75,76)/t60?,61-,62-,63-/m1/s1. The monoisotopic (exact) mass is 1270 g/mol. The van der Waals surface area contributed by atoms with Crippen molar-refractivity contribution in [2.24, 2.45) is 23.7 Å². The molecule has 17 nitrogen and oxygen atoms in total. The zero-order valence-electron chi connectivity index (χ0n) is 55.9. The summed E-state index contributed by atoms with van der Waals surface area (Å²) in [5, 5.41) is 10.6. The van der Waals surface area contributed by atoms with Crippen LogP contribution in [0.3, 0.4) is 0 Å². The molecule has 0 rings (SSSR count). The van der Waals surface area contributed by atoms with Gasteiger partial charge in [0.05, 0.1) is 26.4 Å². The average Bonchev–Trinajstić information content (AvgIpc) is 3.65. The highest BCUT2D eigenvalue weighted by molar-refractivity contribution is 7.47. The average molecular weight is 1270 g/mol. The third kappa shape index (κ3) is 59.7. The zero-order valence-corrected chi connectivity index (χ0v) is 57.7. The van der Waals surface area contributed by atoms with E-state index in [1.807, 2.05) is 0 Å². The van der Waals surface area contributed by atoms with Crippen molar-refractivity contribution < 1.29 is 80.2 Å². The summed E-state index contributed by atoms with van der Waals surface area (Å²) >= 11 is 0. The van der Waals surface area contributed by atoms with E-state index in [1.165, 1.54) is 122 Å². The largest absolute Gasteiger partial charge is 0.472 e. The molecule has 0 saturated carbocycles. The van der Waals surface area contributed by atoms with Gasteiger partial charge in [0.25, 0.3) is 0 Å². The quantitative estimate of drug-likeness (QED) is 0.0222. The van der Waals surface area contributed by atoms with Gasteiger partial charge in [0.1, 0.15) is 19.3 Å². The molecule has 3 unspecified atom stereocenters. The topological polar surface area (TPSA) is 237 Å². The van der Waals surface area contributed by atoms with Crippen molar-refractivity contribution in [2.45, 2.75) is 343 Å². The van der Waals surface area contributed by atoms with Crippen molar-refractivity contribution in [2.75, 3.05) is 39.6 Å². The number of ether oxygens (including phenoxy) is 4. The summed E-state index contributed by atoms with van der Waals surface area (Å²) in [5.41, 5.74) is 0. The Morgan fingerprint density at radius 2 is 0.558 bits per heavy atom. The van der Waals surface area contributed by atoms with Gasteiger partial charge in [0.15, 0.2) is 12.2 Å². The molecule has 0 amide bonds. The lowest BCUT2D eigenvalue weighted by Gasteiger charge is -2.21. The number of phosphoric ester groups is 2.